The third-order valence-electron chi connectivity index (χ3n) is 6.85. The molecule has 1 aliphatic heterocycles. The summed E-state index contributed by atoms with van der Waals surface area (Å²) in [5, 5.41) is 7.84. The highest BCUT2D eigenvalue weighted by Gasteiger charge is 2.62. The largest absolute Gasteiger partial charge is 0.462 e. The summed E-state index contributed by atoms with van der Waals surface area (Å²) >= 11 is 0. The van der Waals surface area contributed by atoms with Crippen molar-refractivity contribution in [1.29, 1.82) is 0 Å². The van der Waals surface area contributed by atoms with Crippen LogP contribution in [0.2, 0.25) is 0 Å². The number of benzene rings is 1. The summed E-state index contributed by atoms with van der Waals surface area (Å²) in [6.07, 6.45) is 6.74. The Kier molecular flexibility index (Phi) is 3.46. The van der Waals surface area contributed by atoms with Gasteiger partial charge in [0.15, 0.2) is 0 Å². The summed E-state index contributed by atoms with van der Waals surface area (Å²) in [5.41, 5.74) is 8.26. The van der Waals surface area contributed by atoms with Gasteiger partial charge in [-0.15, -0.1) is 0 Å². The second kappa shape index (κ2) is 6.27. The maximum Gasteiger partial charge on any atom is 0.283 e. The molecule has 2 spiro atoms. The summed E-state index contributed by atoms with van der Waals surface area (Å²) in [5.74, 6) is 0.284. The number of ether oxygens (including phenoxy) is 2. The molecule has 3 aliphatic rings. The first-order valence-corrected chi connectivity index (χ1v) is 9.79. The number of hydrogen-bond acceptors (Lipinski definition) is 6. The fourth-order valence-corrected chi connectivity index (χ4v) is 5.56. The molecule has 146 valence electrons. The summed E-state index contributed by atoms with van der Waals surface area (Å²) in [7, 11) is 1.75. The van der Waals surface area contributed by atoms with Gasteiger partial charge >= 0.3 is 0 Å². The highest BCUT2D eigenvalue weighted by Crippen LogP contribution is 2.62. The molecule has 5 rings (SSSR count). The summed E-state index contributed by atoms with van der Waals surface area (Å²) < 4.78 is 29.0. The molecule has 6 heteroatoms. The minimum absolute atomic E-state index is 0.0790. The number of nitrogens with zero attached hydrogens (tertiary/aromatic N) is 3. The van der Waals surface area contributed by atoms with E-state index in [-0.39, 0.29) is 18.0 Å². The Morgan fingerprint density at radius 2 is 2.18 bits per heavy atom. The van der Waals surface area contributed by atoms with E-state index < -0.39 is 17.5 Å². The number of hydrogen-bond donors (Lipinski definition) is 1. The molecule has 0 amide bonds. The molecule has 2 heterocycles. The molecule has 2 aromatic rings. The number of aromatic nitrogens is 2. The van der Waals surface area contributed by atoms with Gasteiger partial charge in [0.05, 0.1) is 21.2 Å². The molecule has 2 N–H and O–H groups in total. The second-order valence-electron chi connectivity index (χ2n) is 8.32. The number of aliphatic imine (C=N–C) groups is 1. The van der Waals surface area contributed by atoms with Crippen LogP contribution in [0.4, 0.5) is 0 Å². The van der Waals surface area contributed by atoms with Crippen molar-refractivity contribution < 1.29 is 12.2 Å². The molecular weight excluding hydrogens is 352 g/mol. The van der Waals surface area contributed by atoms with Crippen LogP contribution in [-0.2, 0) is 21.4 Å². The molecule has 1 saturated carbocycles. The zero-order valence-corrected chi connectivity index (χ0v) is 16.2. The van der Waals surface area contributed by atoms with Gasteiger partial charge in [0, 0.05) is 18.1 Å². The molecule has 0 radical (unpaired) electrons. The predicted molar refractivity (Wildman–Crippen MR) is 107 cm³/mol. The van der Waals surface area contributed by atoms with E-state index in [1.54, 1.807) is 19.5 Å². The van der Waals surface area contributed by atoms with Gasteiger partial charge in [0.1, 0.15) is 12.1 Å². The fraction of sp³-hybridized carbons (Fsp3) is 0.500. The Morgan fingerprint density at radius 1 is 1.29 bits per heavy atom. The van der Waals surface area contributed by atoms with Crippen molar-refractivity contribution in [2.75, 3.05) is 13.7 Å². The van der Waals surface area contributed by atoms with Gasteiger partial charge < -0.3 is 15.2 Å². The summed E-state index contributed by atoms with van der Waals surface area (Å²) in [6.45, 7) is 0.148. The monoisotopic (exact) mass is 380 g/mol. The van der Waals surface area contributed by atoms with Gasteiger partial charge in [-0.05, 0) is 60.4 Å². The van der Waals surface area contributed by atoms with E-state index in [9.17, 15) is 0 Å². The van der Waals surface area contributed by atoms with Crippen LogP contribution < -0.4 is 5.73 Å². The molecule has 1 aromatic carbocycles. The number of fused-ring (bicyclic) bond motifs is 3. The van der Waals surface area contributed by atoms with E-state index in [0.717, 1.165) is 47.9 Å². The molecule has 1 fully saturated rings. The van der Waals surface area contributed by atoms with Crippen molar-refractivity contribution in [3.8, 4) is 11.1 Å². The Hall–Kier alpha value is -2.47. The van der Waals surface area contributed by atoms with E-state index in [1.165, 1.54) is 0 Å². The normalized spacial score (nSPS) is 36.6. The van der Waals surface area contributed by atoms with Crippen LogP contribution in [0.5, 0.6) is 0 Å². The Labute approximate surface area is 168 Å². The molecule has 1 aromatic heterocycles. The van der Waals surface area contributed by atoms with Crippen LogP contribution in [0.3, 0.4) is 0 Å². The van der Waals surface area contributed by atoms with Gasteiger partial charge in [-0.2, -0.15) is 10.2 Å². The zero-order chi connectivity index (χ0) is 21.1. The second-order valence-corrected chi connectivity index (χ2v) is 8.32. The highest BCUT2D eigenvalue weighted by molar-refractivity contribution is 5.76. The smallest absolute Gasteiger partial charge is 0.283 e. The third-order valence-corrected chi connectivity index (χ3v) is 6.85. The highest BCUT2D eigenvalue weighted by atomic mass is 16.5. The molecule has 6 nitrogen and oxygen atoms in total. The quantitative estimate of drug-likeness (QED) is 0.866. The van der Waals surface area contributed by atoms with Crippen molar-refractivity contribution in [3.63, 3.8) is 0 Å². The zero-order valence-electron chi connectivity index (χ0n) is 18.2. The summed E-state index contributed by atoms with van der Waals surface area (Å²) in [4.78, 5) is 4.74. The Balaban J connectivity index is 1.70. The van der Waals surface area contributed by atoms with E-state index >= 15 is 0 Å². The Bertz CT molecular complexity index is 1020. The SMILES string of the molecule is [2H]C1([2H])OC(N)=N[C@]12c1cc(-c3ccnnc3)ccc1C[C@@]21CC[C@H](OC)[C@@H](C)C1. The molecule has 0 bridgehead atoms. The lowest BCUT2D eigenvalue weighted by Gasteiger charge is -2.47. The maximum atomic E-state index is 8.89. The number of rotatable bonds is 2. The van der Waals surface area contributed by atoms with Crippen molar-refractivity contribution in [2.45, 2.75) is 44.2 Å². The predicted octanol–water partition coefficient (Wildman–Crippen LogP) is 3.06. The fourth-order valence-electron chi connectivity index (χ4n) is 5.56. The Morgan fingerprint density at radius 3 is 2.86 bits per heavy atom. The van der Waals surface area contributed by atoms with Crippen LogP contribution in [-0.4, -0.2) is 36.0 Å². The van der Waals surface area contributed by atoms with Crippen LogP contribution in [0.15, 0.2) is 41.7 Å². The number of amidine groups is 1. The topological polar surface area (TPSA) is 82.6 Å². The molecule has 0 unspecified atom stereocenters. The molecule has 2 aliphatic carbocycles. The lowest BCUT2D eigenvalue weighted by atomic mass is 9.59. The van der Waals surface area contributed by atoms with Gasteiger partial charge in [-0.25, -0.2) is 4.99 Å². The lowest BCUT2D eigenvalue weighted by Crippen LogP contribution is -2.48. The van der Waals surface area contributed by atoms with Crippen molar-refractivity contribution >= 4 is 6.02 Å². The first kappa shape index (κ1) is 15.5. The first-order chi connectivity index (χ1) is 14.3. The molecule has 4 atom stereocenters. The van der Waals surface area contributed by atoms with E-state index in [1.807, 2.05) is 12.1 Å². The minimum atomic E-state index is -2.03. The standard InChI is InChI=1S/C22H26N4O2/c1-14-10-21(7-5-19(14)27-2)11-16-4-3-15(17-6-8-24-25-12-17)9-18(16)22(21)13-28-20(23)26-22/h3-4,6,8-9,12,14,19H,5,7,10-11,13H2,1-2H3,(H2,23,26)/t14-,19-,21-,22-/m0/s1/i13D2. The van der Waals surface area contributed by atoms with Gasteiger partial charge in [0.25, 0.3) is 6.02 Å². The average Bonchev–Trinajstić information content (AvgIpc) is 3.13. The number of nitrogens with two attached hydrogens (primary N) is 1. The van der Waals surface area contributed by atoms with Crippen molar-refractivity contribution in [3.05, 3.63) is 47.8 Å². The van der Waals surface area contributed by atoms with E-state index in [0.29, 0.717) is 0 Å². The van der Waals surface area contributed by atoms with Crippen molar-refractivity contribution in [2.24, 2.45) is 22.1 Å². The number of methoxy groups -OCH3 is 1. The first-order valence-electron chi connectivity index (χ1n) is 10.8. The maximum absolute atomic E-state index is 8.89. The van der Waals surface area contributed by atoms with Gasteiger partial charge in [-0.1, -0.05) is 19.1 Å². The lowest BCUT2D eigenvalue weighted by molar-refractivity contribution is -0.0445. The molecular formula is C22H26N4O2. The van der Waals surface area contributed by atoms with Crippen molar-refractivity contribution in [1.82, 2.24) is 10.2 Å². The third kappa shape index (κ3) is 2.40. The van der Waals surface area contributed by atoms with Crippen LogP contribution in [0.1, 0.15) is 40.1 Å². The van der Waals surface area contributed by atoms with Crippen LogP contribution in [0.25, 0.3) is 11.1 Å². The van der Waals surface area contributed by atoms with E-state index in [2.05, 4.69) is 29.3 Å². The minimum Gasteiger partial charge on any atom is -0.462 e. The van der Waals surface area contributed by atoms with Crippen LogP contribution >= 0.6 is 0 Å². The molecule has 0 saturated heterocycles. The van der Waals surface area contributed by atoms with E-state index in [4.69, 9.17) is 22.9 Å². The van der Waals surface area contributed by atoms with Gasteiger partial charge in [-0.3, -0.25) is 0 Å². The van der Waals surface area contributed by atoms with Gasteiger partial charge in [0.2, 0.25) is 0 Å². The van der Waals surface area contributed by atoms with Crippen LogP contribution in [0, 0.1) is 11.3 Å². The summed E-state index contributed by atoms with van der Waals surface area (Å²) in [6, 6.07) is 8.01. The average molecular weight is 380 g/mol. The molecule has 28 heavy (non-hydrogen) atoms.